The Kier molecular flexibility index (Phi) is 3.45. The summed E-state index contributed by atoms with van der Waals surface area (Å²) in [5, 5.41) is 11.1. The summed E-state index contributed by atoms with van der Waals surface area (Å²) in [5.41, 5.74) is -0.293. The van der Waals surface area contributed by atoms with Crippen molar-refractivity contribution in [3.05, 3.63) is 0 Å². The molecule has 0 aromatic heterocycles. The maximum Gasteiger partial charge on any atom is 0.0716 e. The first-order chi connectivity index (χ1) is 8.29. The molecule has 1 saturated heterocycles. The molecule has 2 heteroatoms. The van der Waals surface area contributed by atoms with E-state index < -0.39 is 0 Å². The molecule has 2 nitrogen and oxygen atoms in total. The molecule has 0 aromatic carbocycles. The monoisotopic (exact) mass is 237 g/mol. The number of hydrogen-bond donors (Lipinski definition) is 1. The predicted molar refractivity (Wildman–Crippen MR) is 69.9 cm³/mol. The first kappa shape index (κ1) is 12.0. The summed E-state index contributed by atoms with van der Waals surface area (Å²) in [6, 6.07) is 0. The highest BCUT2D eigenvalue weighted by molar-refractivity contribution is 4.99. The average molecular weight is 237 g/mol. The van der Waals surface area contributed by atoms with E-state index in [1.807, 2.05) is 0 Å². The van der Waals surface area contributed by atoms with Crippen LogP contribution >= 0.6 is 0 Å². The quantitative estimate of drug-likeness (QED) is 0.816. The molecule has 1 N–H and O–H groups in total. The largest absolute Gasteiger partial charge is 0.389 e. The fraction of sp³-hybridized carbons (Fsp3) is 1.00. The van der Waals surface area contributed by atoms with Crippen LogP contribution < -0.4 is 0 Å². The third-order valence-corrected chi connectivity index (χ3v) is 5.58. The van der Waals surface area contributed by atoms with E-state index in [1.54, 1.807) is 0 Å². The highest BCUT2D eigenvalue weighted by atomic mass is 16.3. The van der Waals surface area contributed by atoms with Gasteiger partial charge in [0, 0.05) is 12.5 Å². The average Bonchev–Trinajstić information content (AvgIpc) is 3.03. The lowest BCUT2D eigenvalue weighted by molar-refractivity contribution is -0.0572. The van der Waals surface area contributed by atoms with Crippen LogP contribution in [-0.2, 0) is 0 Å². The number of aliphatic hydroxyl groups is 1. The summed E-state index contributed by atoms with van der Waals surface area (Å²) in [6.07, 6.45) is 11.6. The van der Waals surface area contributed by atoms with Crippen molar-refractivity contribution >= 4 is 0 Å². The summed E-state index contributed by atoms with van der Waals surface area (Å²) < 4.78 is 0. The summed E-state index contributed by atoms with van der Waals surface area (Å²) in [4.78, 5) is 2.59. The van der Waals surface area contributed by atoms with Gasteiger partial charge in [0.05, 0.1) is 5.60 Å². The van der Waals surface area contributed by atoms with Gasteiger partial charge in [-0.15, -0.1) is 0 Å². The Morgan fingerprint density at radius 1 is 0.941 bits per heavy atom. The van der Waals surface area contributed by atoms with Crippen molar-refractivity contribution in [3.8, 4) is 0 Å². The minimum Gasteiger partial charge on any atom is -0.389 e. The van der Waals surface area contributed by atoms with Gasteiger partial charge in [-0.1, -0.05) is 19.3 Å². The highest BCUT2D eigenvalue weighted by Crippen LogP contribution is 2.47. The molecule has 3 rings (SSSR count). The van der Waals surface area contributed by atoms with Crippen molar-refractivity contribution in [2.45, 2.75) is 63.4 Å². The Morgan fingerprint density at radius 3 is 2.35 bits per heavy atom. The van der Waals surface area contributed by atoms with E-state index in [4.69, 9.17) is 0 Å². The summed E-state index contributed by atoms with van der Waals surface area (Å²) in [5.74, 6) is 1.20. The first-order valence-corrected chi connectivity index (χ1v) is 7.74. The van der Waals surface area contributed by atoms with Crippen LogP contribution in [0.2, 0.25) is 0 Å². The van der Waals surface area contributed by atoms with Crippen LogP contribution in [0.5, 0.6) is 0 Å². The molecular weight excluding hydrogens is 210 g/mol. The normalized spacial score (nSPS) is 40.4. The van der Waals surface area contributed by atoms with Crippen LogP contribution in [0.15, 0.2) is 0 Å². The molecule has 2 atom stereocenters. The van der Waals surface area contributed by atoms with Crippen molar-refractivity contribution in [2.24, 2.45) is 11.8 Å². The van der Waals surface area contributed by atoms with E-state index in [2.05, 4.69) is 4.90 Å². The minimum atomic E-state index is -0.293. The lowest BCUT2D eigenvalue weighted by Gasteiger charge is -2.37. The minimum absolute atomic E-state index is 0.293. The Morgan fingerprint density at radius 2 is 1.65 bits per heavy atom. The smallest absolute Gasteiger partial charge is 0.0716 e. The fourth-order valence-electron chi connectivity index (χ4n) is 4.58. The molecular formula is C15H27NO. The molecule has 0 radical (unpaired) electrons. The topological polar surface area (TPSA) is 23.5 Å². The van der Waals surface area contributed by atoms with Crippen LogP contribution in [-0.4, -0.2) is 35.2 Å². The highest BCUT2D eigenvalue weighted by Gasteiger charge is 2.47. The second-order valence-corrected chi connectivity index (χ2v) is 6.57. The molecule has 98 valence electrons. The van der Waals surface area contributed by atoms with E-state index >= 15 is 0 Å². The van der Waals surface area contributed by atoms with Crippen LogP contribution in [0.25, 0.3) is 0 Å². The van der Waals surface area contributed by atoms with Gasteiger partial charge in [-0.3, -0.25) is 0 Å². The zero-order valence-electron chi connectivity index (χ0n) is 11.0. The number of hydrogen-bond acceptors (Lipinski definition) is 2. The zero-order chi connectivity index (χ0) is 11.7. The van der Waals surface area contributed by atoms with Gasteiger partial charge >= 0.3 is 0 Å². The van der Waals surface area contributed by atoms with Crippen LogP contribution in [0.1, 0.15) is 57.8 Å². The predicted octanol–water partition coefficient (Wildman–Crippen LogP) is 2.80. The fourth-order valence-corrected chi connectivity index (χ4v) is 4.58. The third kappa shape index (κ3) is 2.26. The molecule has 2 saturated carbocycles. The molecule has 17 heavy (non-hydrogen) atoms. The van der Waals surface area contributed by atoms with Crippen LogP contribution in [0.4, 0.5) is 0 Å². The van der Waals surface area contributed by atoms with Gasteiger partial charge in [-0.2, -0.15) is 0 Å². The Bertz CT molecular complexity index is 256. The van der Waals surface area contributed by atoms with Gasteiger partial charge in [-0.05, 0) is 57.5 Å². The summed E-state index contributed by atoms with van der Waals surface area (Å²) in [6.45, 7) is 3.72. The SMILES string of the molecule is OC1(C2CCCC2)CCCC1CN1CCCC1. The van der Waals surface area contributed by atoms with E-state index in [9.17, 15) is 5.11 Å². The molecule has 0 aromatic rings. The lowest BCUT2D eigenvalue weighted by Crippen LogP contribution is -2.45. The molecule has 3 fully saturated rings. The third-order valence-electron chi connectivity index (χ3n) is 5.58. The van der Waals surface area contributed by atoms with Crippen LogP contribution in [0, 0.1) is 11.8 Å². The Balaban J connectivity index is 1.65. The van der Waals surface area contributed by atoms with Crippen molar-refractivity contribution < 1.29 is 5.11 Å². The van der Waals surface area contributed by atoms with Crippen molar-refractivity contribution in [1.82, 2.24) is 4.90 Å². The van der Waals surface area contributed by atoms with Crippen LogP contribution in [0.3, 0.4) is 0 Å². The standard InChI is InChI=1S/C15H27NO/c17-15(13-6-1-2-7-13)9-5-8-14(15)12-16-10-3-4-11-16/h13-14,17H,1-12H2. The van der Waals surface area contributed by atoms with Gasteiger partial charge in [0.2, 0.25) is 0 Å². The Labute approximate surface area is 105 Å². The maximum atomic E-state index is 11.1. The number of rotatable bonds is 3. The van der Waals surface area contributed by atoms with Gasteiger partial charge in [0.1, 0.15) is 0 Å². The van der Waals surface area contributed by atoms with Gasteiger partial charge < -0.3 is 10.0 Å². The maximum absolute atomic E-state index is 11.1. The lowest BCUT2D eigenvalue weighted by atomic mass is 9.78. The second kappa shape index (κ2) is 4.89. The molecule has 0 amide bonds. The molecule has 2 unspecified atom stereocenters. The van der Waals surface area contributed by atoms with E-state index in [0.717, 1.165) is 6.42 Å². The number of nitrogens with zero attached hydrogens (tertiary/aromatic N) is 1. The first-order valence-electron chi connectivity index (χ1n) is 7.74. The van der Waals surface area contributed by atoms with Gasteiger partial charge in [0.15, 0.2) is 0 Å². The molecule has 0 spiro atoms. The summed E-state index contributed by atoms with van der Waals surface area (Å²) in [7, 11) is 0. The van der Waals surface area contributed by atoms with Gasteiger partial charge in [-0.25, -0.2) is 0 Å². The zero-order valence-corrected chi connectivity index (χ0v) is 11.0. The molecule has 1 heterocycles. The van der Waals surface area contributed by atoms with Crippen molar-refractivity contribution in [3.63, 3.8) is 0 Å². The van der Waals surface area contributed by atoms with Gasteiger partial charge in [0.25, 0.3) is 0 Å². The van der Waals surface area contributed by atoms with E-state index in [1.165, 1.54) is 71.0 Å². The molecule has 3 aliphatic rings. The molecule has 0 bridgehead atoms. The van der Waals surface area contributed by atoms with E-state index in [-0.39, 0.29) is 5.60 Å². The van der Waals surface area contributed by atoms with Crippen molar-refractivity contribution in [2.75, 3.05) is 19.6 Å². The van der Waals surface area contributed by atoms with E-state index in [0.29, 0.717) is 11.8 Å². The van der Waals surface area contributed by atoms with Crippen molar-refractivity contribution in [1.29, 1.82) is 0 Å². The second-order valence-electron chi connectivity index (χ2n) is 6.57. The summed E-state index contributed by atoms with van der Waals surface area (Å²) >= 11 is 0. The molecule has 1 aliphatic heterocycles. The molecule has 2 aliphatic carbocycles. The Hall–Kier alpha value is -0.0800. The number of likely N-dealkylation sites (tertiary alicyclic amines) is 1.